The number of hydrogen-bond acceptors (Lipinski definition) is 2. The molecular formula is C34H22IrN4-2. The first-order valence-corrected chi connectivity index (χ1v) is 12.5. The van der Waals surface area contributed by atoms with Gasteiger partial charge in [-0.2, -0.15) is 18.2 Å². The van der Waals surface area contributed by atoms with Gasteiger partial charge in [0.15, 0.2) is 0 Å². The molecule has 0 bridgehead atoms. The van der Waals surface area contributed by atoms with Gasteiger partial charge in [0, 0.05) is 38.7 Å². The molecule has 0 atom stereocenters. The SMILES string of the molecule is [Ir].[c-]1ccc2ccccc2c1-n1c2ccccc2n2ccnc12.[c-]1ccccc1-c1nccc2ccccc12. The van der Waals surface area contributed by atoms with Crippen molar-refractivity contribution in [3.63, 3.8) is 0 Å². The average molecular weight is 679 g/mol. The van der Waals surface area contributed by atoms with E-state index in [0.29, 0.717) is 0 Å². The zero-order valence-electron chi connectivity index (χ0n) is 20.8. The predicted molar refractivity (Wildman–Crippen MR) is 154 cm³/mol. The second-order valence-corrected chi connectivity index (χ2v) is 8.99. The molecule has 5 aromatic carbocycles. The van der Waals surface area contributed by atoms with E-state index >= 15 is 0 Å². The van der Waals surface area contributed by atoms with Crippen LogP contribution in [0.3, 0.4) is 0 Å². The van der Waals surface area contributed by atoms with Crippen molar-refractivity contribution in [3.05, 3.63) is 146 Å². The Morgan fingerprint density at radius 1 is 0.564 bits per heavy atom. The summed E-state index contributed by atoms with van der Waals surface area (Å²) in [5.74, 6) is 0.911. The third-order valence-electron chi connectivity index (χ3n) is 6.76. The second kappa shape index (κ2) is 10.7. The molecule has 8 rings (SSSR count). The maximum atomic E-state index is 4.54. The third kappa shape index (κ3) is 4.42. The van der Waals surface area contributed by atoms with Crippen LogP contribution in [0.25, 0.3) is 55.3 Å². The molecule has 39 heavy (non-hydrogen) atoms. The van der Waals surface area contributed by atoms with Crippen molar-refractivity contribution in [2.45, 2.75) is 0 Å². The van der Waals surface area contributed by atoms with E-state index in [1.54, 1.807) is 0 Å². The Kier molecular flexibility index (Phi) is 6.76. The molecular weight excluding hydrogens is 657 g/mol. The summed E-state index contributed by atoms with van der Waals surface area (Å²) in [6, 6.07) is 45.7. The van der Waals surface area contributed by atoms with Gasteiger partial charge in [-0.25, -0.2) is 4.98 Å². The van der Waals surface area contributed by atoms with Crippen molar-refractivity contribution in [2.75, 3.05) is 0 Å². The van der Waals surface area contributed by atoms with Crippen LogP contribution in [0.2, 0.25) is 0 Å². The number of aromatic nitrogens is 4. The summed E-state index contributed by atoms with van der Waals surface area (Å²) >= 11 is 0. The molecule has 0 N–H and O–H groups in total. The normalized spacial score (nSPS) is 10.9. The maximum absolute atomic E-state index is 4.54. The zero-order chi connectivity index (χ0) is 25.3. The predicted octanol–water partition coefficient (Wildman–Crippen LogP) is 7.93. The Morgan fingerprint density at radius 2 is 1.28 bits per heavy atom. The molecule has 3 heterocycles. The Bertz CT molecular complexity index is 2030. The van der Waals surface area contributed by atoms with Crippen molar-refractivity contribution >= 4 is 38.4 Å². The van der Waals surface area contributed by atoms with Gasteiger partial charge in [0.05, 0.1) is 11.0 Å². The van der Waals surface area contributed by atoms with Crippen molar-refractivity contribution in [1.82, 2.24) is 18.9 Å². The Labute approximate surface area is 239 Å². The van der Waals surface area contributed by atoms with Crippen LogP contribution in [0.1, 0.15) is 0 Å². The van der Waals surface area contributed by atoms with Gasteiger partial charge >= 0.3 is 0 Å². The molecule has 0 saturated heterocycles. The summed E-state index contributed by atoms with van der Waals surface area (Å²) in [5.41, 5.74) is 5.36. The van der Waals surface area contributed by atoms with Crippen molar-refractivity contribution in [3.8, 4) is 16.9 Å². The third-order valence-corrected chi connectivity index (χ3v) is 6.76. The fourth-order valence-corrected chi connectivity index (χ4v) is 5.04. The van der Waals surface area contributed by atoms with Gasteiger partial charge in [0.25, 0.3) is 0 Å². The quantitative estimate of drug-likeness (QED) is 0.174. The summed E-state index contributed by atoms with van der Waals surface area (Å²) in [7, 11) is 0. The van der Waals surface area contributed by atoms with Crippen LogP contribution in [-0.4, -0.2) is 18.9 Å². The summed E-state index contributed by atoms with van der Waals surface area (Å²) in [6.45, 7) is 0. The smallest absolute Gasteiger partial charge is 0.217 e. The second-order valence-electron chi connectivity index (χ2n) is 8.99. The monoisotopic (exact) mass is 679 g/mol. The summed E-state index contributed by atoms with van der Waals surface area (Å²) < 4.78 is 4.29. The van der Waals surface area contributed by atoms with Crippen molar-refractivity contribution in [1.29, 1.82) is 0 Å². The van der Waals surface area contributed by atoms with E-state index < -0.39 is 0 Å². The fourth-order valence-electron chi connectivity index (χ4n) is 5.04. The average Bonchev–Trinajstić information content (AvgIpc) is 3.59. The van der Waals surface area contributed by atoms with E-state index in [0.717, 1.165) is 33.8 Å². The van der Waals surface area contributed by atoms with Gasteiger partial charge in [0.2, 0.25) is 5.78 Å². The van der Waals surface area contributed by atoms with Gasteiger partial charge in [-0.1, -0.05) is 60.3 Å². The van der Waals surface area contributed by atoms with E-state index in [-0.39, 0.29) is 20.1 Å². The van der Waals surface area contributed by atoms with E-state index in [1.807, 2.05) is 67.1 Å². The number of nitrogens with zero attached hydrogens (tertiary/aromatic N) is 4. The van der Waals surface area contributed by atoms with Gasteiger partial charge in [-0.05, 0) is 34.7 Å². The molecule has 0 unspecified atom stereocenters. The van der Waals surface area contributed by atoms with Gasteiger partial charge < -0.3 is 9.55 Å². The molecule has 189 valence electrons. The summed E-state index contributed by atoms with van der Waals surface area (Å²) in [5, 5.41) is 4.77. The maximum Gasteiger partial charge on any atom is 0.217 e. The number of rotatable bonds is 2. The molecule has 0 aliphatic carbocycles. The van der Waals surface area contributed by atoms with Gasteiger partial charge in [-0.15, -0.1) is 52.7 Å². The zero-order valence-corrected chi connectivity index (χ0v) is 23.2. The molecule has 0 spiro atoms. The molecule has 5 heteroatoms. The fraction of sp³-hybridized carbons (Fsp3) is 0. The number of imidazole rings is 2. The van der Waals surface area contributed by atoms with E-state index in [4.69, 9.17) is 0 Å². The first-order valence-electron chi connectivity index (χ1n) is 12.5. The molecule has 0 aliphatic rings. The van der Waals surface area contributed by atoms with Crippen LogP contribution < -0.4 is 0 Å². The van der Waals surface area contributed by atoms with Gasteiger partial charge in [-0.3, -0.25) is 4.40 Å². The minimum atomic E-state index is 0. The van der Waals surface area contributed by atoms with Crippen LogP contribution in [-0.2, 0) is 20.1 Å². The van der Waals surface area contributed by atoms with Crippen molar-refractivity contribution < 1.29 is 20.1 Å². The Hall–Kier alpha value is -4.57. The molecule has 1 radical (unpaired) electrons. The van der Waals surface area contributed by atoms with Crippen LogP contribution in [0.15, 0.2) is 134 Å². The van der Waals surface area contributed by atoms with Crippen LogP contribution in [0.4, 0.5) is 0 Å². The van der Waals surface area contributed by atoms with Gasteiger partial charge in [0.1, 0.15) is 0 Å². The Morgan fingerprint density at radius 3 is 2.10 bits per heavy atom. The van der Waals surface area contributed by atoms with Crippen LogP contribution in [0.5, 0.6) is 0 Å². The molecule has 4 nitrogen and oxygen atoms in total. The number of hydrogen-bond donors (Lipinski definition) is 0. The van der Waals surface area contributed by atoms with E-state index in [9.17, 15) is 0 Å². The number of para-hydroxylation sites is 2. The molecule has 3 aromatic heterocycles. The number of benzene rings is 5. The van der Waals surface area contributed by atoms with E-state index in [2.05, 4.69) is 97.8 Å². The topological polar surface area (TPSA) is 35.1 Å². The Balaban J connectivity index is 0.000000145. The number of pyridine rings is 1. The molecule has 0 saturated carbocycles. The van der Waals surface area contributed by atoms with Crippen molar-refractivity contribution in [2.24, 2.45) is 0 Å². The molecule has 0 fully saturated rings. The molecule has 0 aliphatic heterocycles. The minimum Gasteiger partial charge on any atom is -0.304 e. The molecule has 0 amide bonds. The standard InChI is InChI=1S/C19H12N3.C15H10N.Ir/c1-2-8-15-14(6-1)7-5-11-16(15)22-18-10-4-3-9-17(18)21-13-12-20-19(21)22;1-2-7-13(8-3-1)15-14-9-5-4-6-12(14)10-11-16-15;/h1-10,12-13H;1-7,9-11H;/q2*-1;. The van der Waals surface area contributed by atoms with E-state index in [1.165, 1.54) is 21.5 Å². The van der Waals surface area contributed by atoms with Crippen LogP contribution in [0, 0.1) is 12.1 Å². The first-order chi connectivity index (χ1) is 18.9. The minimum absolute atomic E-state index is 0. The first kappa shape index (κ1) is 24.7. The van der Waals surface area contributed by atoms with Crippen LogP contribution >= 0.6 is 0 Å². The summed E-state index contributed by atoms with van der Waals surface area (Å²) in [4.78, 5) is 8.99. The number of fused-ring (bicyclic) bond motifs is 5. The molecule has 8 aromatic rings. The summed E-state index contributed by atoms with van der Waals surface area (Å²) in [6.07, 6.45) is 5.68. The largest absolute Gasteiger partial charge is 0.304 e.